The predicted molar refractivity (Wildman–Crippen MR) is 198 cm³/mol. The number of hydrogen-bond donors (Lipinski definition) is 2. The highest BCUT2D eigenvalue weighted by Crippen LogP contribution is 2.45. The fraction of sp³-hybridized carbons (Fsp3) is 0.250. The third kappa shape index (κ3) is 5.76. The smallest absolute Gasteiger partial charge is 0.259 e. The van der Waals surface area contributed by atoms with Gasteiger partial charge in [0, 0.05) is 66.2 Å². The molecule has 2 saturated heterocycles. The summed E-state index contributed by atoms with van der Waals surface area (Å²) < 4.78 is 20.3. The number of nitrogens with zero attached hydrogens (tertiary/aromatic N) is 4. The van der Waals surface area contributed by atoms with E-state index in [-0.39, 0.29) is 17.2 Å². The topological polar surface area (TPSA) is 103 Å². The largest absolute Gasteiger partial charge is 0.381 e. The van der Waals surface area contributed by atoms with Crippen molar-refractivity contribution in [2.75, 3.05) is 48.0 Å². The number of halogens is 1. The Balaban J connectivity index is 0.940. The number of benzene rings is 3. The van der Waals surface area contributed by atoms with Crippen molar-refractivity contribution >= 4 is 51.4 Å². The lowest BCUT2D eigenvalue weighted by Crippen LogP contribution is -2.59. The van der Waals surface area contributed by atoms with Crippen molar-refractivity contribution in [1.82, 2.24) is 15.0 Å². The van der Waals surface area contributed by atoms with Crippen LogP contribution in [0, 0.1) is 18.2 Å². The van der Waals surface area contributed by atoms with Gasteiger partial charge in [-0.2, -0.15) is 0 Å². The summed E-state index contributed by atoms with van der Waals surface area (Å²) in [5.74, 6) is 0.577. The van der Waals surface area contributed by atoms with Gasteiger partial charge in [-0.05, 0) is 104 Å². The van der Waals surface area contributed by atoms with Gasteiger partial charge in [-0.3, -0.25) is 9.59 Å². The summed E-state index contributed by atoms with van der Waals surface area (Å²) in [4.78, 5) is 46.3. The van der Waals surface area contributed by atoms with E-state index in [1.54, 1.807) is 52.8 Å². The van der Waals surface area contributed by atoms with Crippen LogP contribution in [0.2, 0.25) is 0 Å². The van der Waals surface area contributed by atoms with Gasteiger partial charge in [-0.25, -0.2) is 14.4 Å². The standard InChI is InChI=1S/C40H35FN6O3S/c1-24-18-30(37(42-21-24)46-22-40(23-46)13-16-50-17-14-40)38(48)43-28-9-6-25(7-10-28)39(49)47-15-12-26-19-34(36-44-31-4-2-3-5-32(31)45-36)51-35(26)29-11-8-27(41)20-33(29)47/h2-11,18-21H,12-17,22-23H2,1H3,(H,43,48)(H,44,45). The Morgan fingerprint density at radius 2 is 1.80 bits per heavy atom. The molecule has 0 radical (unpaired) electrons. The Morgan fingerprint density at radius 1 is 1.00 bits per heavy atom. The molecule has 6 heterocycles. The van der Waals surface area contributed by atoms with E-state index in [9.17, 15) is 14.0 Å². The summed E-state index contributed by atoms with van der Waals surface area (Å²) in [6, 6.07) is 23.4. The zero-order valence-electron chi connectivity index (χ0n) is 28.0. The molecule has 0 saturated carbocycles. The summed E-state index contributed by atoms with van der Waals surface area (Å²) in [6.45, 7) is 5.60. The van der Waals surface area contributed by atoms with E-state index in [0.717, 1.165) is 82.4 Å². The van der Waals surface area contributed by atoms with E-state index in [0.29, 0.717) is 41.3 Å². The maximum atomic E-state index is 14.8. The lowest BCUT2D eigenvalue weighted by Gasteiger charge is -2.53. The molecule has 3 aromatic heterocycles. The number of H-pyrrole nitrogens is 1. The number of nitrogens with one attached hydrogen (secondary N) is 2. The molecule has 256 valence electrons. The molecule has 1 spiro atoms. The molecule has 3 aliphatic rings. The van der Waals surface area contributed by atoms with Crippen LogP contribution >= 0.6 is 11.3 Å². The second kappa shape index (κ2) is 12.4. The number of rotatable bonds is 5. The van der Waals surface area contributed by atoms with Crippen molar-refractivity contribution in [1.29, 1.82) is 0 Å². The van der Waals surface area contributed by atoms with E-state index < -0.39 is 5.82 Å². The van der Waals surface area contributed by atoms with Gasteiger partial charge < -0.3 is 24.8 Å². The molecule has 11 heteroatoms. The minimum atomic E-state index is -0.409. The van der Waals surface area contributed by atoms with Gasteiger partial charge in [0.05, 0.1) is 27.2 Å². The molecule has 0 atom stereocenters. The number of imidazole rings is 1. The van der Waals surface area contributed by atoms with E-state index in [1.165, 1.54) is 12.1 Å². The van der Waals surface area contributed by atoms with Crippen molar-refractivity contribution in [3.8, 4) is 21.1 Å². The molecular formula is C40H35FN6O3S. The lowest BCUT2D eigenvalue weighted by atomic mass is 9.73. The van der Waals surface area contributed by atoms with Crippen LogP contribution in [-0.4, -0.2) is 59.6 Å². The fourth-order valence-electron chi connectivity index (χ4n) is 7.58. The zero-order chi connectivity index (χ0) is 34.7. The van der Waals surface area contributed by atoms with Gasteiger partial charge in [0.15, 0.2) is 0 Å². The number of para-hydroxylation sites is 2. The Labute approximate surface area is 298 Å². The molecule has 3 aromatic carbocycles. The number of carbonyl (C=O) groups excluding carboxylic acids is 2. The summed E-state index contributed by atoms with van der Waals surface area (Å²) in [5, 5.41) is 3.01. The van der Waals surface area contributed by atoms with Crippen LogP contribution in [0.4, 0.5) is 21.6 Å². The average molecular weight is 699 g/mol. The minimum Gasteiger partial charge on any atom is -0.381 e. The number of thiophene rings is 1. The molecule has 51 heavy (non-hydrogen) atoms. The highest BCUT2D eigenvalue weighted by atomic mass is 32.1. The number of ether oxygens (including phenoxy) is 1. The van der Waals surface area contributed by atoms with Gasteiger partial charge >= 0.3 is 0 Å². The van der Waals surface area contributed by atoms with Crippen LogP contribution in [0.5, 0.6) is 0 Å². The monoisotopic (exact) mass is 698 g/mol. The average Bonchev–Trinajstić information content (AvgIpc) is 3.73. The SMILES string of the molecule is Cc1cnc(N2CC3(CCOCC3)C2)c(C(=O)Nc2ccc(C(=O)N3CCc4cc(-c5nc6ccccc6[nH]5)sc4-c4ccc(F)cc43)cc2)c1. The van der Waals surface area contributed by atoms with Gasteiger partial charge in [-0.1, -0.05) is 12.1 Å². The van der Waals surface area contributed by atoms with E-state index in [2.05, 4.69) is 26.3 Å². The number of pyridine rings is 1. The first kappa shape index (κ1) is 31.6. The highest BCUT2D eigenvalue weighted by Gasteiger charge is 2.45. The van der Waals surface area contributed by atoms with Crippen LogP contribution in [0.3, 0.4) is 0 Å². The fourth-order valence-corrected chi connectivity index (χ4v) is 8.77. The molecule has 2 amide bonds. The first-order chi connectivity index (χ1) is 24.8. The third-order valence-corrected chi connectivity index (χ3v) is 11.5. The van der Waals surface area contributed by atoms with E-state index >= 15 is 0 Å². The maximum Gasteiger partial charge on any atom is 0.259 e. The first-order valence-corrected chi connectivity index (χ1v) is 18.0. The quantitative estimate of drug-likeness (QED) is 0.190. The highest BCUT2D eigenvalue weighted by molar-refractivity contribution is 7.19. The predicted octanol–water partition coefficient (Wildman–Crippen LogP) is 7.87. The number of carbonyl (C=O) groups is 2. The Bertz CT molecular complexity index is 2290. The molecule has 0 aliphatic carbocycles. The van der Waals surface area contributed by atoms with Gasteiger partial charge in [0.2, 0.25) is 0 Å². The molecule has 9 nitrogen and oxygen atoms in total. The number of aromatic nitrogens is 3. The second-order valence-corrected chi connectivity index (χ2v) is 14.9. The van der Waals surface area contributed by atoms with Crippen molar-refractivity contribution in [2.45, 2.75) is 26.2 Å². The summed E-state index contributed by atoms with van der Waals surface area (Å²) in [7, 11) is 0. The number of fused-ring (bicyclic) bond motifs is 4. The van der Waals surface area contributed by atoms with Gasteiger partial charge in [0.1, 0.15) is 17.5 Å². The summed E-state index contributed by atoms with van der Waals surface area (Å²) >= 11 is 1.59. The molecule has 0 unspecified atom stereocenters. The Morgan fingerprint density at radius 3 is 2.61 bits per heavy atom. The summed E-state index contributed by atoms with van der Waals surface area (Å²) in [6.07, 6.45) is 4.45. The van der Waals surface area contributed by atoms with E-state index in [1.807, 2.05) is 37.3 Å². The number of amides is 2. The molecule has 2 fully saturated rings. The molecule has 0 bridgehead atoms. The van der Waals surface area contributed by atoms with Gasteiger partial charge in [0.25, 0.3) is 11.8 Å². The number of anilines is 3. The van der Waals surface area contributed by atoms with Crippen LogP contribution in [-0.2, 0) is 11.2 Å². The van der Waals surface area contributed by atoms with Crippen molar-refractivity contribution in [3.63, 3.8) is 0 Å². The van der Waals surface area contributed by atoms with Crippen LogP contribution in [0.1, 0.15) is 44.7 Å². The minimum absolute atomic E-state index is 0.239. The first-order valence-electron chi connectivity index (χ1n) is 17.2. The van der Waals surface area contributed by atoms with Crippen molar-refractivity contribution in [2.24, 2.45) is 5.41 Å². The van der Waals surface area contributed by atoms with Crippen LogP contribution in [0.25, 0.3) is 32.2 Å². The zero-order valence-corrected chi connectivity index (χ0v) is 28.9. The molecule has 2 N–H and O–H groups in total. The van der Waals surface area contributed by atoms with Crippen molar-refractivity contribution in [3.05, 3.63) is 113 Å². The Hall–Kier alpha value is -5.39. The van der Waals surface area contributed by atoms with Crippen molar-refractivity contribution < 1.29 is 18.7 Å². The second-order valence-electron chi connectivity index (χ2n) is 13.8. The molecule has 9 rings (SSSR count). The lowest BCUT2D eigenvalue weighted by molar-refractivity contribution is -0.000510. The normalized spacial score (nSPS) is 16.4. The van der Waals surface area contributed by atoms with Crippen LogP contribution in [0.15, 0.2) is 85.1 Å². The van der Waals surface area contributed by atoms with Gasteiger partial charge in [-0.15, -0.1) is 11.3 Å². The molecule has 3 aliphatic heterocycles. The number of aryl methyl sites for hydroxylation is 1. The molecule has 6 aromatic rings. The number of aromatic amines is 1. The number of hydrogen-bond acceptors (Lipinski definition) is 7. The third-order valence-electron chi connectivity index (χ3n) is 10.3. The van der Waals surface area contributed by atoms with Crippen LogP contribution < -0.4 is 15.1 Å². The molecular weight excluding hydrogens is 664 g/mol. The summed E-state index contributed by atoms with van der Waals surface area (Å²) in [5.41, 5.74) is 6.96. The van der Waals surface area contributed by atoms with E-state index in [4.69, 9.17) is 9.72 Å². The Kier molecular flexibility index (Phi) is 7.70. The maximum absolute atomic E-state index is 14.8.